The van der Waals surface area contributed by atoms with Gasteiger partial charge in [0, 0.05) is 26.2 Å². The molecule has 0 spiro atoms. The fourth-order valence-electron chi connectivity index (χ4n) is 2.12. The van der Waals surface area contributed by atoms with Gasteiger partial charge in [0.2, 0.25) is 5.91 Å². The van der Waals surface area contributed by atoms with Gasteiger partial charge >= 0.3 is 0 Å². The van der Waals surface area contributed by atoms with Gasteiger partial charge in [-0.05, 0) is 31.7 Å². The number of hydrogen-bond acceptors (Lipinski definition) is 3. The number of amides is 1. The van der Waals surface area contributed by atoms with Crippen LogP contribution in [-0.2, 0) is 9.53 Å². The maximum Gasteiger partial charge on any atom is 0.248 e. The van der Waals surface area contributed by atoms with Gasteiger partial charge in [-0.1, -0.05) is 13.8 Å². The Kier molecular flexibility index (Phi) is 6.52. The number of carbonyl (C=O) groups excluding carboxylic acids is 1. The molecule has 1 N–H and O–H groups in total. The van der Waals surface area contributed by atoms with Gasteiger partial charge in [0.25, 0.3) is 0 Å². The van der Waals surface area contributed by atoms with Crippen LogP contribution in [0.4, 0.5) is 0 Å². The normalized spacial score (nSPS) is 17.8. The number of piperidine rings is 1. The average molecular weight is 242 g/mol. The van der Waals surface area contributed by atoms with Crippen molar-refractivity contribution in [3.05, 3.63) is 0 Å². The summed E-state index contributed by atoms with van der Waals surface area (Å²) in [6.07, 6.45) is 3.35. The molecule has 0 aromatic rings. The van der Waals surface area contributed by atoms with Gasteiger partial charge in [0.1, 0.15) is 6.61 Å². The van der Waals surface area contributed by atoms with E-state index in [1.54, 1.807) is 7.11 Å². The first kappa shape index (κ1) is 14.5. The zero-order chi connectivity index (χ0) is 12.7. The highest BCUT2D eigenvalue weighted by Gasteiger charge is 2.21. The molecule has 4 nitrogen and oxygen atoms in total. The molecule has 1 amide bonds. The number of nitrogens with one attached hydrogen (secondary N) is 1. The average Bonchev–Trinajstić information content (AvgIpc) is 2.30. The Morgan fingerprint density at radius 3 is 2.59 bits per heavy atom. The molecule has 0 aromatic carbocycles. The lowest BCUT2D eigenvalue weighted by molar-refractivity contribution is -0.136. The third kappa shape index (κ3) is 5.50. The zero-order valence-corrected chi connectivity index (χ0v) is 11.4. The van der Waals surface area contributed by atoms with Gasteiger partial charge in [0.05, 0.1) is 0 Å². The summed E-state index contributed by atoms with van der Waals surface area (Å²) in [5.74, 6) is 0.874. The maximum atomic E-state index is 11.6. The van der Waals surface area contributed by atoms with Crippen molar-refractivity contribution < 1.29 is 9.53 Å². The first-order chi connectivity index (χ1) is 8.13. The summed E-state index contributed by atoms with van der Waals surface area (Å²) < 4.78 is 4.87. The third-order valence-electron chi connectivity index (χ3n) is 3.27. The summed E-state index contributed by atoms with van der Waals surface area (Å²) in [6, 6.07) is 0.584. The van der Waals surface area contributed by atoms with Crippen molar-refractivity contribution in [2.45, 2.75) is 39.2 Å². The lowest BCUT2D eigenvalue weighted by atomic mass is 10.0. The molecule has 0 aromatic heterocycles. The van der Waals surface area contributed by atoms with Gasteiger partial charge < -0.3 is 15.0 Å². The predicted molar refractivity (Wildman–Crippen MR) is 68.9 cm³/mol. The van der Waals surface area contributed by atoms with Crippen molar-refractivity contribution in [2.75, 3.05) is 33.4 Å². The van der Waals surface area contributed by atoms with Crippen LogP contribution < -0.4 is 5.32 Å². The fraction of sp³-hybridized carbons (Fsp3) is 0.923. The van der Waals surface area contributed by atoms with Crippen LogP contribution in [0.25, 0.3) is 0 Å². The van der Waals surface area contributed by atoms with E-state index < -0.39 is 0 Å². The highest BCUT2D eigenvalue weighted by Crippen LogP contribution is 2.11. The fourth-order valence-corrected chi connectivity index (χ4v) is 2.12. The molecule has 1 heterocycles. The summed E-state index contributed by atoms with van der Waals surface area (Å²) in [4.78, 5) is 13.5. The molecule has 4 heteroatoms. The summed E-state index contributed by atoms with van der Waals surface area (Å²) in [6.45, 7) is 7.52. The highest BCUT2D eigenvalue weighted by molar-refractivity contribution is 5.77. The van der Waals surface area contributed by atoms with Crippen molar-refractivity contribution in [1.29, 1.82) is 0 Å². The Bertz CT molecular complexity index is 223. The topological polar surface area (TPSA) is 41.6 Å². The minimum Gasteiger partial charge on any atom is -0.375 e. The molecule has 0 bridgehead atoms. The Morgan fingerprint density at radius 2 is 2.06 bits per heavy atom. The molecule has 0 atom stereocenters. The molecule has 1 fully saturated rings. The van der Waals surface area contributed by atoms with Crippen molar-refractivity contribution >= 4 is 5.91 Å². The molecule has 1 rings (SSSR count). The molecule has 0 aliphatic carbocycles. The largest absolute Gasteiger partial charge is 0.375 e. The Labute approximate surface area is 105 Å². The number of likely N-dealkylation sites (tertiary alicyclic amines) is 1. The van der Waals surface area contributed by atoms with Crippen LogP contribution in [0.15, 0.2) is 0 Å². The highest BCUT2D eigenvalue weighted by atomic mass is 16.5. The van der Waals surface area contributed by atoms with E-state index in [4.69, 9.17) is 4.74 Å². The Morgan fingerprint density at radius 1 is 1.41 bits per heavy atom. The lowest BCUT2D eigenvalue weighted by Gasteiger charge is -2.32. The van der Waals surface area contributed by atoms with E-state index in [0.717, 1.165) is 38.4 Å². The van der Waals surface area contributed by atoms with Crippen LogP contribution in [0.1, 0.15) is 33.1 Å². The SMILES string of the molecule is COCC(=O)N1CCC(NCCC(C)C)CC1. The van der Waals surface area contributed by atoms with Gasteiger partial charge in [-0.3, -0.25) is 4.79 Å². The smallest absolute Gasteiger partial charge is 0.248 e. The quantitative estimate of drug-likeness (QED) is 0.762. The van der Waals surface area contributed by atoms with Crippen LogP contribution in [0.2, 0.25) is 0 Å². The summed E-state index contributed by atoms with van der Waals surface area (Å²) in [5.41, 5.74) is 0. The van der Waals surface area contributed by atoms with E-state index in [9.17, 15) is 4.79 Å². The van der Waals surface area contributed by atoms with Gasteiger partial charge in [-0.25, -0.2) is 0 Å². The molecular formula is C13H26N2O2. The minimum atomic E-state index is 0.119. The van der Waals surface area contributed by atoms with Gasteiger partial charge in [0.15, 0.2) is 0 Å². The molecule has 100 valence electrons. The molecule has 0 unspecified atom stereocenters. The van der Waals surface area contributed by atoms with Gasteiger partial charge in [-0.2, -0.15) is 0 Å². The molecule has 0 saturated carbocycles. The number of nitrogens with zero attached hydrogens (tertiary/aromatic N) is 1. The molecule has 0 radical (unpaired) electrons. The maximum absolute atomic E-state index is 11.6. The van der Waals surface area contributed by atoms with E-state index in [1.165, 1.54) is 6.42 Å². The molecule has 17 heavy (non-hydrogen) atoms. The van der Waals surface area contributed by atoms with Crippen LogP contribution >= 0.6 is 0 Å². The van der Waals surface area contributed by atoms with E-state index in [-0.39, 0.29) is 12.5 Å². The second kappa shape index (κ2) is 7.67. The summed E-state index contributed by atoms with van der Waals surface area (Å²) >= 11 is 0. The summed E-state index contributed by atoms with van der Waals surface area (Å²) in [7, 11) is 1.57. The summed E-state index contributed by atoms with van der Waals surface area (Å²) in [5, 5.41) is 3.58. The van der Waals surface area contributed by atoms with Crippen LogP contribution in [0, 0.1) is 5.92 Å². The van der Waals surface area contributed by atoms with Crippen molar-refractivity contribution in [3.63, 3.8) is 0 Å². The second-order valence-electron chi connectivity index (χ2n) is 5.22. The third-order valence-corrected chi connectivity index (χ3v) is 3.27. The monoisotopic (exact) mass is 242 g/mol. The van der Waals surface area contributed by atoms with E-state index >= 15 is 0 Å². The number of ether oxygens (including phenoxy) is 1. The van der Waals surface area contributed by atoms with E-state index in [1.807, 2.05) is 4.90 Å². The van der Waals surface area contributed by atoms with Crippen molar-refractivity contribution in [1.82, 2.24) is 10.2 Å². The first-order valence-corrected chi connectivity index (χ1v) is 6.63. The Balaban J connectivity index is 2.15. The minimum absolute atomic E-state index is 0.119. The second-order valence-corrected chi connectivity index (χ2v) is 5.22. The first-order valence-electron chi connectivity index (χ1n) is 6.63. The molecular weight excluding hydrogens is 216 g/mol. The number of methoxy groups -OCH3 is 1. The van der Waals surface area contributed by atoms with E-state index in [2.05, 4.69) is 19.2 Å². The molecule has 1 aliphatic rings. The van der Waals surface area contributed by atoms with Crippen molar-refractivity contribution in [2.24, 2.45) is 5.92 Å². The zero-order valence-electron chi connectivity index (χ0n) is 11.4. The van der Waals surface area contributed by atoms with Crippen LogP contribution in [0.3, 0.4) is 0 Å². The van der Waals surface area contributed by atoms with Gasteiger partial charge in [-0.15, -0.1) is 0 Å². The number of rotatable bonds is 6. The molecule has 1 saturated heterocycles. The standard InChI is InChI=1S/C13H26N2O2/c1-11(2)4-7-14-12-5-8-15(9-6-12)13(16)10-17-3/h11-12,14H,4-10H2,1-3H3. The number of hydrogen-bond donors (Lipinski definition) is 1. The predicted octanol–water partition coefficient (Wildman–Crippen LogP) is 1.26. The number of carbonyl (C=O) groups is 1. The van der Waals surface area contributed by atoms with Crippen LogP contribution in [-0.4, -0.2) is 50.2 Å². The lowest BCUT2D eigenvalue weighted by Crippen LogP contribution is -2.46. The van der Waals surface area contributed by atoms with E-state index in [0.29, 0.717) is 6.04 Å². The Hall–Kier alpha value is -0.610. The van der Waals surface area contributed by atoms with Crippen LogP contribution in [0.5, 0.6) is 0 Å². The molecule has 1 aliphatic heterocycles. The van der Waals surface area contributed by atoms with Crippen molar-refractivity contribution in [3.8, 4) is 0 Å².